The van der Waals surface area contributed by atoms with Gasteiger partial charge in [0.05, 0.1) is 11.4 Å². The first-order valence-electron chi connectivity index (χ1n) is 10.1. The summed E-state index contributed by atoms with van der Waals surface area (Å²) in [6.07, 6.45) is 0.287. The highest BCUT2D eigenvalue weighted by atomic mass is 32.2. The number of ether oxygens (including phenoxy) is 1. The molecule has 1 atom stereocenters. The number of alkyl halides is 2. The van der Waals surface area contributed by atoms with Crippen LogP contribution in [0.1, 0.15) is 12.8 Å². The summed E-state index contributed by atoms with van der Waals surface area (Å²) in [6.45, 7) is 0.721. The van der Waals surface area contributed by atoms with Gasteiger partial charge in [0.2, 0.25) is 11.8 Å². The number of nitrogens with zero attached hydrogens (tertiary/aromatic N) is 2. The lowest BCUT2D eigenvalue weighted by Crippen LogP contribution is -2.34. The van der Waals surface area contributed by atoms with Gasteiger partial charge < -0.3 is 10.1 Å². The molecule has 0 unspecified atom stereocenters. The highest BCUT2D eigenvalue weighted by molar-refractivity contribution is 8.15. The van der Waals surface area contributed by atoms with E-state index in [0.29, 0.717) is 53.2 Å². The Kier molecular flexibility index (Phi) is 9.36. The number of methoxy groups -OCH3 is 1. The average molecular weight is 516 g/mol. The van der Waals surface area contributed by atoms with Gasteiger partial charge in [0.1, 0.15) is 16.9 Å². The van der Waals surface area contributed by atoms with E-state index < -0.39 is 28.5 Å². The van der Waals surface area contributed by atoms with E-state index in [-0.39, 0.29) is 18.0 Å². The number of benzene rings is 2. The van der Waals surface area contributed by atoms with E-state index in [4.69, 9.17) is 4.74 Å². The van der Waals surface area contributed by atoms with E-state index in [2.05, 4.69) is 10.3 Å². The van der Waals surface area contributed by atoms with Crippen LogP contribution in [0.15, 0.2) is 52.4 Å². The number of carbonyl (C=O) groups is 2. The number of nitrogens with one attached hydrogen (secondary N) is 1. The van der Waals surface area contributed by atoms with E-state index in [1.807, 2.05) is 0 Å². The Morgan fingerprint density at radius 1 is 1.24 bits per heavy atom. The second-order valence-corrected chi connectivity index (χ2v) is 9.32. The van der Waals surface area contributed by atoms with Gasteiger partial charge >= 0.3 is 0 Å². The van der Waals surface area contributed by atoms with E-state index in [9.17, 15) is 27.2 Å². The lowest BCUT2D eigenvalue weighted by molar-refractivity contribution is -0.128. The molecule has 0 bridgehead atoms. The Balaban J connectivity index is 1.73. The van der Waals surface area contributed by atoms with Crippen molar-refractivity contribution in [3.8, 4) is 0 Å². The van der Waals surface area contributed by atoms with Crippen LogP contribution >= 0.6 is 23.5 Å². The first-order chi connectivity index (χ1) is 16.3. The first-order valence-corrected chi connectivity index (χ1v) is 11.9. The zero-order valence-electron chi connectivity index (χ0n) is 18.0. The Hall–Kier alpha value is -2.57. The van der Waals surface area contributed by atoms with Gasteiger partial charge in [0, 0.05) is 37.6 Å². The molecule has 0 aromatic heterocycles. The van der Waals surface area contributed by atoms with Crippen molar-refractivity contribution in [3.63, 3.8) is 0 Å². The summed E-state index contributed by atoms with van der Waals surface area (Å²) in [6, 6.07) is 8.91. The quantitative estimate of drug-likeness (QED) is 0.265. The molecule has 0 saturated carbocycles. The fourth-order valence-corrected chi connectivity index (χ4v) is 4.75. The summed E-state index contributed by atoms with van der Waals surface area (Å²) in [5, 5.41) is 1.92. The molecular weight excluding hydrogens is 494 g/mol. The number of amides is 2. The molecule has 1 N–H and O–H groups in total. The Bertz CT molecular complexity index is 1050. The topological polar surface area (TPSA) is 71.0 Å². The van der Waals surface area contributed by atoms with Gasteiger partial charge in [-0.05, 0) is 42.8 Å². The predicted octanol–water partition coefficient (Wildman–Crippen LogP) is 5.28. The largest absolute Gasteiger partial charge is 0.385 e. The smallest absolute Gasteiger partial charge is 0.288 e. The maximum Gasteiger partial charge on any atom is 0.288 e. The molecular formula is C22H21F4N3O3S2. The fraction of sp³-hybridized carbons (Fsp3) is 0.318. The predicted molar refractivity (Wildman–Crippen MR) is 125 cm³/mol. The number of thioether (sulfide) groups is 2. The maximum absolute atomic E-state index is 13.8. The Morgan fingerprint density at radius 2 is 1.97 bits per heavy atom. The van der Waals surface area contributed by atoms with Crippen molar-refractivity contribution in [2.24, 2.45) is 4.99 Å². The SMILES string of the molecule is COCCCN1C(=O)[C@@H](CC(=O)Nc2ccc(F)cc2F)SC1=Nc1ccc(SC(F)F)cc1. The highest BCUT2D eigenvalue weighted by Crippen LogP contribution is 2.33. The summed E-state index contributed by atoms with van der Waals surface area (Å²) in [4.78, 5) is 31.7. The Labute approximate surface area is 202 Å². The number of amidine groups is 1. The van der Waals surface area contributed by atoms with Crippen molar-refractivity contribution < 1.29 is 31.9 Å². The van der Waals surface area contributed by atoms with Crippen molar-refractivity contribution in [1.29, 1.82) is 0 Å². The number of hydrogen-bond acceptors (Lipinski definition) is 6. The molecule has 6 nitrogen and oxygen atoms in total. The maximum atomic E-state index is 13.8. The molecule has 2 aromatic carbocycles. The van der Waals surface area contributed by atoms with Crippen molar-refractivity contribution >= 4 is 51.9 Å². The van der Waals surface area contributed by atoms with Gasteiger partial charge in [-0.3, -0.25) is 14.5 Å². The fourth-order valence-electron chi connectivity index (χ4n) is 3.07. The molecule has 12 heteroatoms. The zero-order valence-corrected chi connectivity index (χ0v) is 19.6. The number of anilines is 1. The summed E-state index contributed by atoms with van der Waals surface area (Å²) in [7, 11) is 1.54. The molecule has 0 radical (unpaired) electrons. The normalized spacial score (nSPS) is 17.1. The molecule has 1 heterocycles. The van der Waals surface area contributed by atoms with E-state index in [1.54, 1.807) is 12.1 Å². The van der Waals surface area contributed by atoms with Crippen LogP contribution in [0.25, 0.3) is 0 Å². The van der Waals surface area contributed by atoms with Crippen LogP contribution in [-0.2, 0) is 14.3 Å². The standard InChI is InChI=1S/C22H21F4N3O3S2/c1-32-10-2-9-29-20(31)18(12-19(30)28-17-8-3-13(23)11-16(17)24)34-22(29)27-14-4-6-15(7-5-14)33-21(25)26/h3-8,11,18,21H,2,9-10,12H2,1H3,(H,28,30)/t18-/m1/s1. The molecule has 3 rings (SSSR count). The molecule has 1 aliphatic rings. The van der Waals surface area contributed by atoms with Crippen molar-refractivity contribution in [3.05, 3.63) is 54.1 Å². The van der Waals surface area contributed by atoms with Crippen molar-refractivity contribution in [1.82, 2.24) is 4.90 Å². The molecule has 34 heavy (non-hydrogen) atoms. The van der Waals surface area contributed by atoms with Gasteiger partial charge in [-0.25, -0.2) is 13.8 Å². The molecule has 2 aromatic rings. The average Bonchev–Trinajstić information content (AvgIpc) is 3.05. The lowest BCUT2D eigenvalue weighted by Gasteiger charge is -2.16. The number of hydrogen-bond donors (Lipinski definition) is 1. The van der Waals surface area contributed by atoms with E-state index in [1.165, 1.54) is 24.1 Å². The van der Waals surface area contributed by atoms with Gasteiger partial charge in [0.25, 0.3) is 5.76 Å². The summed E-state index contributed by atoms with van der Waals surface area (Å²) >= 11 is 1.50. The molecule has 1 aliphatic heterocycles. The summed E-state index contributed by atoms with van der Waals surface area (Å²) in [5.74, 6) is -5.17. The molecule has 2 amide bonds. The van der Waals surface area contributed by atoms with Crippen LogP contribution in [0.4, 0.5) is 28.9 Å². The number of halogens is 4. The second kappa shape index (κ2) is 12.2. The monoisotopic (exact) mass is 515 g/mol. The van der Waals surface area contributed by atoms with Gasteiger partial charge in [-0.1, -0.05) is 23.5 Å². The van der Waals surface area contributed by atoms with Crippen molar-refractivity contribution in [2.75, 3.05) is 25.6 Å². The minimum absolute atomic E-state index is 0.186. The van der Waals surface area contributed by atoms with Crippen LogP contribution in [0.2, 0.25) is 0 Å². The second-order valence-electron chi connectivity index (χ2n) is 7.09. The van der Waals surface area contributed by atoms with Crippen LogP contribution in [-0.4, -0.2) is 53.2 Å². The number of rotatable bonds is 10. The molecule has 182 valence electrons. The van der Waals surface area contributed by atoms with Gasteiger partial charge in [-0.15, -0.1) is 0 Å². The lowest BCUT2D eigenvalue weighted by atomic mass is 10.2. The molecule has 1 fully saturated rings. The summed E-state index contributed by atoms with van der Waals surface area (Å²) in [5.41, 5.74) is 0.276. The Morgan fingerprint density at radius 3 is 2.62 bits per heavy atom. The number of aliphatic imine (C=N–C) groups is 1. The minimum Gasteiger partial charge on any atom is -0.385 e. The van der Waals surface area contributed by atoms with Crippen LogP contribution < -0.4 is 5.32 Å². The van der Waals surface area contributed by atoms with Gasteiger partial charge in [0.15, 0.2) is 5.17 Å². The van der Waals surface area contributed by atoms with E-state index >= 15 is 0 Å². The van der Waals surface area contributed by atoms with Crippen LogP contribution in [0.5, 0.6) is 0 Å². The van der Waals surface area contributed by atoms with Crippen LogP contribution in [0, 0.1) is 11.6 Å². The molecule has 0 aliphatic carbocycles. The minimum atomic E-state index is -2.54. The van der Waals surface area contributed by atoms with Gasteiger partial charge in [-0.2, -0.15) is 8.78 Å². The molecule has 1 saturated heterocycles. The van der Waals surface area contributed by atoms with Crippen LogP contribution in [0.3, 0.4) is 0 Å². The third-order valence-corrected chi connectivity index (χ3v) is 6.51. The third-order valence-electron chi connectivity index (χ3n) is 4.61. The highest BCUT2D eigenvalue weighted by Gasteiger charge is 2.39. The van der Waals surface area contributed by atoms with Crippen molar-refractivity contribution in [2.45, 2.75) is 28.7 Å². The first kappa shape index (κ1) is 26.0. The molecule has 0 spiro atoms. The number of carbonyl (C=O) groups excluding carboxylic acids is 2. The third kappa shape index (κ3) is 7.21. The van der Waals surface area contributed by atoms with E-state index in [0.717, 1.165) is 23.9 Å². The summed E-state index contributed by atoms with van der Waals surface area (Å²) < 4.78 is 57.0. The zero-order chi connectivity index (χ0) is 24.7.